The van der Waals surface area contributed by atoms with E-state index in [2.05, 4.69) is 30.4 Å². The molecule has 4 heteroatoms. The Labute approximate surface area is 157 Å². The maximum Gasteiger partial charge on any atom is 0.139 e. The maximum absolute atomic E-state index is 12.5. The van der Waals surface area contributed by atoms with Crippen molar-refractivity contribution in [3.63, 3.8) is 0 Å². The maximum atomic E-state index is 12.5. The number of hydrogen-bond acceptors (Lipinski definition) is 4. The van der Waals surface area contributed by atoms with Gasteiger partial charge in [0, 0.05) is 18.4 Å². The van der Waals surface area contributed by atoms with E-state index in [0.29, 0.717) is 23.7 Å². The number of Topliss-reactive ketones (excluding diaryl/α,β-unsaturated/α-hetero) is 1. The van der Waals surface area contributed by atoms with Crippen LogP contribution in [0, 0.1) is 28.6 Å². The molecular weight excluding hydrogens is 324 g/mol. The van der Waals surface area contributed by atoms with E-state index in [-0.39, 0.29) is 5.41 Å². The molecular formula is C22H34N2O2. The number of rotatable bonds is 4. The molecule has 0 spiro atoms. The molecule has 0 radical (unpaired) electrons. The Kier molecular flexibility index (Phi) is 4.75. The van der Waals surface area contributed by atoms with Crippen molar-refractivity contribution in [2.75, 3.05) is 20.2 Å². The highest BCUT2D eigenvalue weighted by molar-refractivity contribution is 5.96. The minimum absolute atomic E-state index is 0.0127. The summed E-state index contributed by atoms with van der Waals surface area (Å²) < 4.78 is 0. The van der Waals surface area contributed by atoms with Gasteiger partial charge in [0.1, 0.15) is 12.4 Å². The number of allylic oxidation sites excluding steroid dienone is 2. The van der Waals surface area contributed by atoms with Crippen LogP contribution in [0.1, 0.15) is 65.2 Å². The van der Waals surface area contributed by atoms with Crippen molar-refractivity contribution in [1.29, 1.82) is 0 Å². The van der Waals surface area contributed by atoms with Gasteiger partial charge in [-0.2, -0.15) is 0 Å². The normalized spacial score (nSPS) is 43.5. The van der Waals surface area contributed by atoms with Gasteiger partial charge in [0.05, 0.1) is 5.71 Å². The molecule has 0 aromatic rings. The predicted octanol–water partition coefficient (Wildman–Crippen LogP) is 4.11. The first kappa shape index (κ1) is 18.2. The Bertz CT molecular complexity index is 640. The summed E-state index contributed by atoms with van der Waals surface area (Å²) in [5.74, 6) is 2.67. The molecule has 144 valence electrons. The van der Waals surface area contributed by atoms with Gasteiger partial charge in [-0.05, 0) is 81.2 Å². The van der Waals surface area contributed by atoms with Crippen LogP contribution >= 0.6 is 0 Å². The first-order valence-electron chi connectivity index (χ1n) is 10.6. The van der Waals surface area contributed by atoms with Crippen molar-refractivity contribution < 1.29 is 9.63 Å². The SMILES string of the molecule is CNCCON=C1C=C2CCC3C(CC[C@]4(C)C(=O)CCC34)[C@@]2(C)CC1. The van der Waals surface area contributed by atoms with Crippen molar-refractivity contribution in [3.05, 3.63) is 11.6 Å². The van der Waals surface area contributed by atoms with E-state index in [9.17, 15) is 4.79 Å². The molecule has 1 N–H and O–H groups in total. The summed E-state index contributed by atoms with van der Waals surface area (Å²) in [6, 6.07) is 0. The quantitative estimate of drug-likeness (QED) is 0.608. The van der Waals surface area contributed by atoms with Gasteiger partial charge in [0.25, 0.3) is 0 Å². The zero-order valence-corrected chi connectivity index (χ0v) is 16.6. The van der Waals surface area contributed by atoms with Crippen LogP contribution in [0.25, 0.3) is 0 Å². The number of likely N-dealkylation sites (N-methyl/N-ethyl adjacent to an activating group) is 1. The molecule has 26 heavy (non-hydrogen) atoms. The number of oxime groups is 1. The van der Waals surface area contributed by atoms with Crippen molar-refractivity contribution in [2.24, 2.45) is 33.7 Å². The molecule has 3 saturated carbocycles. The molecule has 0 aromatic heterocycles. The lowest BCUT2D eigenvalue weighted by atomic mass is 9.47. The zero-order chi connectivity index (χ0) is 18.4. The molecule has 3 fully saturated rings. The number of fused-ring (bicyclic) bond motifs is 5. The van der Waals surface area contributed by atoms with Gasteiger partial charge in [0.15, 0.2) is 0 Å². The van der Waals surface area contributed by atoms with Crippen LogP contribution in [0.5, 0.6) is 0 Å². The molecule has 0 amide bonds. The third kappa shape index (κ3) is 2.76. The summed E-state index contributed by atoms with van der Waals surface area (Å²) in [6.07, 6.45) is 11.3. The fraction of sp³-hybridized carbons (Fsp3) is 0.818. The van der Waals surface area contributed by atoms with Crippen LogP contribution in [0.3, 0.4) is 0 Å². The molecule has 3 unspecified atom stereocenters. The van der Waals surface area contributed by atoms with Crippen LogP contribution in [-0.4, -0.2) is 31.7 Å². The van der Waals surface area contributed by atoms with Gasteiger partial charge in [-0.25, -0.2) is 0 Å². The Morgan fingerprint density at radius 2 is 1.92 bits per heavy atom. The third-order valence-corrected chi connectivity index (χ3v) is 8.31. The molecule has 4 nitrogen and oxygen atoms in total. The van der Waals surface area contributed by atoms with Crippen molar-refractivity contribution in [1.82, 2.24) is 5.32 Å². The lowest BCUT2D eigenvalue weighted by Crippen LogP contribution is -2.50. The van der Waals surface area contributed by atoms with Crippen LogP contribution in [-0.2, 0) is 9.63 Å². The highest BCUT2D eigenvalue weighted by atomic mass is 16.6. The van der Waals surface area contributed by atoms with Crippen molar-refractivity contribution >= 4 is 11.5 Å². The second kappa shape index (κ2) is 6.78. The minimum Gasteiger partial charge on any atom is -0.394 e. The molecule has 0 aliphatic heterocycles. The third-order valence-electron chi connectivity index (χ3n) is 8.31. The Hall–Kier alpha value is -1.16. The number of hydrogen-bond donors (Lipinski definition) is 1. The number of nitrogens with one attached hydrogen (secondary N) is 1. The van der Waals surface area contributed by atoms with E-state index < -0.39 is 0 Å². The van der Waals surface area contributed by atoms with Crippen LogP contribution in [0.2, 0.25) is 0 Å². The highest BCUT2D eigenvalue weighted by Gasteiger charge is 2.58. The Balaban J connectivity index is 1.53. The van der Waals surface area contributed by atoms with Gasteiger partial charge in [-0.1, -0.05) is 24.6 Å². The Morgan fingerprint density at radius 1 is 1.12 bits per heavy atom. The zero-order valence-electron chi connectivity index (χ0n) is 16.6. The smallest absolute Gasteiger partial charge is 0.139 e. The summed E-state index contributed by atoms with van der Waals surface area (Å²) in [4.78, 5) is 18.0. The average molecular weight is 359 g/mol. The van der Waals surface area contributed by atoms with Crippen LogP contribution in [0.4, 0.5) is 0 Å². The number of nitrogens with zero attached hydrogens (tertiary/aromatic N) is 1. The molecule has 0 aromatic carbocycles. The minimum atomic E-state index is -0.0127. The summed E-state index contributed by atoms with van der Waals surface area (Å²) in [6.45, 7) is 6.21. The summed E-state index contributed by atoms with van der Waals surface area (Å²) in [5, 5.41) is 7.46. The largest absolute Gasteiger partial charge is 0.394 e. The molecule has 4 aliphatic carbocycles. The number of carbonyl (C=O) groups excluding carboxylic acids is 1. The molecule has 4 aliphatic rings. The second-order valence-corrected chi connectivity index (χ2v) is 9.44. The van der Waals surface area contributed by atoms with E-state index in [1.54, 1.807) is 5.57 Å². The molecule has 0 heterocycles. The number of ketones is 1. The second-order valence-electron chi connectivity index (χ2n) is 9.44. The topological polar surface area (TPSA) is 50.7 Å². The van der Waals surface area contributed by atoms with Gasteiger partial charge in [-0.15, -0.1) is 0 Å². The lowest BCUT2D eigenvalue weighted by Gasteiger charge is -2.57. The summed E-state index contributed by atoms with van der Waals surface area (Å²) in [5.41, 5.74) is 3.00. The van der Waals surface area contributed by atoms with Crippen LogP contribution < -0.4 is 5.32 Å². The molecule has 5 atom stereocenters. The number of carbonyl (C=O) groups is 1. The Morgan fingerprint density at radius 3 is 2.73 bits per heavy atom. The molecule has 0 saturated heterocycles. The monoisotopic (exact) mass is 358 g/mol. The van der Waals surface area contributed by atoms with Gasteiger partial charge >= 0.3 is 0 Å². The predicted molar refractivity (Wildman–Crippen MR) is 104 cm³/mol. The fourth-order valence-corrected chi connectivity index (χ4v) is 6.69. The van der Waals surface area contributed by atoms with Gasteiger partial charge < -0.3 is 10.2 Å². The molecule has 0 bridgehead atoms. The van der Waals surface area contributed by atoms with E-state index >= 15 is 0 Å². The molecule has 4 rings (SSSR count). The van der Waals surface area contributed by atoms with Gasteiger partial charge in [0.2, 0.25) is 0 Å². The lowest BCUT2D eigenvalue weighted by molar-refractivity contribution is -0.132. The standard InChI is InChI=1S/C22H34N2O2/c1-21-10-8-16(24-26-13-12-23-3)14-15(21)4-5-17-18-6-7-20(25)22(18,2)11-9-19(17)21/h14,17-19,23H,4-13H2,1-3H3/t17?,18?,19?,21-,22-/m0/s1. The van der Waals surface area contributed by atoms with E-state index in [4.69, 9.17) is 4.84 Å². The highest BCUT2D eigenvalue weighted by Crippen LogP contribution is 2.64. The van der Waals surface area contributed by atoms with Crippen molar-refractivity contribution in [2.45, 2.75) is 65.2 Å². The van der Waals surface area contributed by atoms with Gasteiger partial charge in [-0.3, -0.25) is 4.79 Å². The first-order valence-corrected chi connectivity index (χ1v) is 10.6. The summed E-state index contributed by atoms with van der Waals surface area (Å²) in [7, 11) is 1.93. The first-order chi connectivity index (χ1) is 12.5. The van der Waals surface area contributed by atoms with Crippen LogP contribution in [0.15, 0.2) is 16.8 Å². The van der Waals surface area contributed by atoms with E-state index in [1.807, 2.05) is 7.05 Å². The average Bonchev–Trinajstić information content (AvgIpc) is 2.94. The van der Waals surface area contributed by atoms with E-state index in [1.165, 1.54) is 25.7 Å². The summed E-state index contributed by atoms with van der Waals surface area (Å²) >= 11 is 0. The fourth-order valence-electron chi connectivity index (χ4n) is 6.69. The van der Waals surface area contributed by atoms with E-state index in [0.717, 1.165) is 49.8 Å². The van der Waals surface area contributed by atoms with Crippen molar-refractivity contribution in [3.8, 4) is 0 Å².